The van der Waals surface area contributed by atoms with Gasteiger partial charge in [-0.3, -0.25) is 14.7 Å². The van der Waals surface area contributed by atoms with Crippen LogP contribution in [0.5, 0.6) is 0 Å². The Morgan fingerprint density at radius 1 is 1.14 bits per heavy atom. The van der Waals surface area contributed by atoms with Gasteiger partial charge in [-0.25, -0.2) is 0 Å². The van der Waals surface area contributed by atoms with Crippen molar-refractivity contribution in [3.8, 4) is 6.07 Å². The molecule has 37 heavy (non-hydrogen) atoms. The topological polar surface area (TPSA) is 75.5 Å². The van der Waals surface area contributed by atoms with Crippen LogP contribution in [-0.4, -0.2) is 60.6 Å². The maximum absolute atomic E-state index is 14.0. The largest absolute Gasteiger partial charge is 0.369 e. The SMILES string of the molecule is CCc1cc2c(cc1N1CCN(C3(C#N)CCC3)CC1)C(C)(C)c1[nH]c3cc(C=NC)ccc3c1C2=O. The number of benzene rings is 2. The second-order valence-electron chi connectivity index (χ2n) is 11.4. The predicted molar refractivity (Wildman–Crippen MR) is 149 cm³/mol. The molecule has 6 rings (SSSR count). The summed E-state index contributed by atoms with van der Waals surface area (Å²) in [6, 6.07) is 13.2. The van der Waals surface area contributed by atoms with Gasteiger partial charge >= 0.3 is 0 Å². The summed E-state index contributed by atoms with van der Waals surface area (Å²) in [4.78, 5) is 26.6. The van der Waals surface area contributed by atoms with Crippen molar-refractivity contribution in [2.24, 2.45) is 4.99 Å². The second kappa shape index (κ2) is 8.56. The van der Waals surface area contributed by atoms with E-state index < -0.39 is 0 Å². The Hall–Kier alpha value is -3.43. The third-order valence-electron chi connectivity index (χ3n) is 9.09. The maximum Gasteiger partial charge on any atom is 0.195 e. The Balaban J connectivity index is 1.39. The highest BCUT2D eigenvalue weighted by molar-refractivity contribution is 6.20. The van der Waals surface area contributed by atoms with Crippen molar-refractivity contribution in [2.45, 2.75) is 57.4 Å². The molecule has 0 bridgehead atoms. The number of aliphatic imine (C=N–C) groups is 1. The highest BCUT2D eigenvalue weighted by atomic mass is 16.1. The van der Waals surface area contributed by atoms with Crippen LogP contribution in [0.1, 0.15) is 78.3 Å². The molecule has 1 saturated heterocycles. The van der Waals surface area contributed by atoms with Crippen LogP contribution in [0.3, 0.4) is 0 Å². The quantitative estimate of drug-likeness (QED) is 0.506. The van der Waals surface area contributed by atoms with Crippen molar-refractivity contribution in [3.63, 3.8) is 0 Å². The normalized spacial score (nSPS) is 20.5. The van der Waals surface area contributed by atoms with Crippen molar-refractivity contribution in [3.05, 3.63) is 63.8 Å². The lowest BCUT2D eigenvalue weighted by Gasteiger charge is -2.49. The molecule has 0 radical (unpaired) electrons. The molecule has 1 aromatic heterocycles. The van der Waals surface area contributed by atoms with E-state index in [0.29, 0.717) is 0 Å². The number of nitrogens with one attached hydrogen (secondary N) is 1. The van der Waals surface area contributed by atoms with Crippen LogP contribution >= 0.6 is 0 Å². The van der Waals surface area contributed by atoms with E-state index in [1.54, 1.807) is 7.05 Å². The van der Waals surface area contributed by atoms with Crippen LogP contribution in [0.4, 0.5) is 5.69 Å². The summed E-state index contributed by atoms with van der Waals surface area (Å²) in [6.07, 6.45) is 5.87. The fraction of sp³-hybridized carbons (Fsp3) is 0.452. The van der Waals surface area contributed by atoms with E-state index in [9.17, 15) is 10.1 Å². The lowest BCUT2D eigenvalue weighted by atomic mass is 9.70. The number of rotatable bonds is 4. The number of carbonyl (C=O) groups excluding carboxylic acids is 1. The average Bonchev–Trinajstić information content (AvgIpc) is 3.27. The molecular formula is C31H35N5O. The van der Waals surface area contributed by atoms with Crippen LogP contribution in [-0.2, 0) is 11.8 Å². The number of aromatic nitrogens is 1. The summed E-state index contributed by atoms with van der Waals surface area (Å²) in [6.45, 7) is 10.2. The summed E-state index contributed by atoms with van der Waals surface area (Å²) in [7, 11) is 1.77. The number of aryl methyl sites for hydroxylation is 1. The van der Waals surface area contributed by atoms with E-state index in [1.807, 2.05) is 18.3 Å². The Morgan fingerprint density at radius 3 is 2.51 bits per heavy atom. The lowest BCUT2D eigenvalue weighted by molar-refractivity contribution is 0.0598. The third-order valence-corrected chi connectivity index (χ3v) is 9.09. The van der Waals surface area contributed by atoms with Crippen molar-refractivity contribution in [2.75, 3.05) is 38.1 Å². The van der Waals surface area contributed by atoms with Crippen LogP contribution in [0.15, 0.2) is 35.3 Å². The van der Waals surface area contributed by atoms with Crippen molar-refractivity contribution in [1.82, 2.24) is 9.88 Å². The average molecular weight is 494 g/mol. The zero-order valence-corrected chi connectivity index (χ0v) is 22.3. The molecule has 1 N–H and O–H groups in total. The molecule has 2 aliphatic carbocycles. The minimum absolute atomic E-state index is 0.111. The van der Waals surface area contributed by atoms with Crippen LogP contribution in [0.25, 0.3) is 10.9 Å². The van der Waals surface area contributed by atoms with E-state index in [4.69, 9.17) is 0 Å². The molecule has 0 atom stereocenters. The van der Waals surface area contributed by atoms with Crippen LogP contribution in [0, 0.1) is 11.3 Å². The summed E-state index contributed by atoms with van der Waals surface area (Å²) in [5.41, 5.74) is 7.60. The first-order chi connectivity index (χ1) is 17.8. The fourth-order valence-electron chi connectivity index (χ4n) is 6.72. The van der Waals surface area contributed by atoms with E-state index in [1.165, 1.54) is 11.3 Å². The molecule has 2 aromatic carbocycles. The first-order valence-corrected chi connectivity index (χ1v) is 13.5. The number of fused-ring (bicyclic) bond motifs is 4. The van der Waals surface area contributed by atoms with E-state index in [0.717, 1.165) is 90.7 Å². The molecule has 0 unspecified atom stereocenters. The number of anilines is 1. The molecule has 6 heteroatoms. The van der Waals surface area contributed by atoms with Crippen molar-refractivity contribution >= 4 is 28.6 Å². The summed E-state index contributed by atoms with van der Waals surface area (Å²) >= 11 is 0. The van der Waals surface area contributed by atoms with Crippen molar-refractivity contribution in [1.29, 1.82) is 5.26 Å². The Kier molecular flexibility index (Phi) is 5.54. The number of nitrogens with zero attached hydrogens (tertiary/aromatic N) is 4. The predicted octanol–water partition coefficient (Wildman–Crippen LogP) is 5.22. The number of piperazine rings is 1. The number of carbonyl (C=O) groups is 1. The number of nitriles is 1. The van der Waals surface area contributed by atoms with Gasteiger partial charge in [-0.2, -0.15) is 5.26 Å². The number of H-pyrrole nitrogens is 1. The highest BCUT2D eigenvalue weighted by Crippen LogP contribution is 2.46. The van der Waals surface area contributed by atoms with E-state index >= 15 is 0 Å². The zero-order valence-electron chi connectivity index (χ0n) is 22.3. The number of hydrogen-bond donors (Lipinski definition) is 1. The molecular weight excluding hydrogens is 458 g/mol. The lowest BCUT2D eigenvalue weighted by Crippen LogP contribution is -2.59. The minimum Gasteiger partial charge on any atom is -0.369 e. The standard InChI is InChI=1S/C31H35N5O/c1-5-21-16-23-24(17-26(21)35-11-13-36(14-12-35)31(19-32)9-6-10-31)30(2,3)29-27(28(23)37)22-8-7-20(18-33-4)15-25(22)34-29/h7-8,15-18,34H,5-6,9-14H2,1-4H3. The fourth-order valence-corrected chi connectivity index (χ4v) is 6.72. The smallest absolute Gasteiger partial charge is 0.195 e. The van der Waals surface area contributed by atoms with Gasteiger partial charge in [0.1, 0.15) is 5.54 Å². The Bertz CT molecular complexity index is 1480. The van der Waals surface area contributed by atoms with Gasteiger partial charge in [0.15, 0.2) is 5.78 Å². The molecule has 1 aliphatic heterocycles. The molecule has 3 aromatic rings. The van der Waals surface area contributed by atoms with Crippen LogP contribution in [0.2, 0.25) is 0 Å². The van der Waals surface area contributed by atoms with Gasteiger partial charge in [-0.1, -0.05) is 32.9 Å². The molecule has 3 aliphatic rings. The van der Waals surface area contributed by atoms with Gasteiger partial charge in [0.05, 0.1) is 11.6 Å². The second-order valence-corrected chi connectivity index (χ2v) is 11.4. The third kappa shape index (κ3) is 3.48. The van der Waals surface area contributed by atoms with Crippen LogP contribution < -0.4 is 4.90 Å². The Morgan fingerprint density at radius 2 is 1.89 bits per heavy atom. The first-order valence-electron chi connectivity index (χ1n) is 13.5. The summed E-state index contributed by atoms with van der Waals surface area (Å²) in [5.74, 6) is 0.111. The zero-order chi connectivity index (χ0) is 25.9. The minimum atomic E-state index is -0.337. The van der Waals surface area contributed by atoms with E-state index in [2.05, 4.69) is 64.8 Å². The molecule has 190 valence electrons. The van der Waals surface area contributed by atoms with Gasteiger partial charge < -0.3 is 9.88 Å². The molecule has 6 nitrogen and oxygen atoms in total. The molecule has 0 spiro atoms. The highest BCUT2D eigenvalue weighted by Gasteiger charge is 2.44. The number of hydrogen-bond acceptors (Lipinski definition) is 5. The monoisotopic (exact) mass is 493 g/mol. The van der Waals surface area contributed by atoms with E-state index in [-0.39, 0.29) is 16.7 Å². The molecule has 1 saturated carbocycles. The van der Waals surface area contributed by atoms with Gasteiger partial charge in [-0.15, -0.1) is 0 Å². The summed E-state index contributed by atoms with van der Waals surface area (Å²) < 4.78 is 0. The molecule has 2 fully saturated rings. The van der Waals surface area contributed by atoms with Gasteiger partial charge in [0, 0.05) is 72.7 Å². The van der Waals surface area contributed by atoms with Gasteiger partial charge in [0.2, 0.25) is 0 Å². The van der Waals surface area contributed by atoms with Gasteiger partial charge in [-0.05, 0) is 60.6 Å². The summed E-state index contributed by atoms with van der Waals surface area (Å²) in [5, 5.41) is 10.8. The Labute approximate surface area is 219 Å². The van der Waals surface area contributed by atoms with Crippen molar-refractivity contribution < 1.29 is 4.79 Å². The molecule has 0 amide bonds. The number of ketones is 1. The van der Waals surface area contributed by atoms with Gasteiger partial charge in [0.25, 0.3) is 0 Å². The maximum atomic E-state index is 14.0. The first kappa shape index (κ1) is 23.9. The molecule has 2 heterocycles. The number of aromatic amines is 1.